The summed E-state index contributed by atoms with van der Waals surface area (Å²) in [4.78, 5) is 12.9. The predicted octanol–water partition coefficient (Wildman–Crippen LogP) is 2.54. The molecule has 1 aromatic carbocycles. The summed E-state index contributed by atoms with van der Waals surface area (Å²) in [6.45, 7) is 0.665. The van der Waals surface area contributed by atoms with E-state index in [0.29, 0.717) is 24.0 Å². The highest BCUT2D eigenvalue weighted by Crippen LogP contribution is 2.28. The van der Waals surface area contributed by atoms with Crippen molar-refractivity contribution in [2.45, 2.75) is 55.9 Å². The lowest BCUT2D eigenvalue weighted by Crippen LogP contribution is -2.47. The second-order valence-corrected chi connectivity index (χ2v) is 9.87. The van der Waals surface area contributed by atoms with E-state index in [1.54, 1.807) is 18.2 Å². The first-order valence-corrected chi connectivity index (χ1v) is 11.7. The lowest BCUT2D eigenvalue weighted by Gasteiger charge is -2.32. The quantitative estimate of drug-likeness (QED) is 0.839. The van der Waals surface area contributed by atoms with Crippen molar-refractivity contribution >= 4 is 38.7 Å². The molecule has 2 aliphatic rings. The van der Waals surface area contributed by atoms with Gasteiger partial charge in [-0.25, -0.2) is 8.42 Å². The van der Waals surface area contributed by atoms with Crippen molar-refractivity contribution in [3.63, 3.8) is 0 Å². The fraction of sp³-hybridized carbons (Fsp3) is 0.611. The van der Waals surface area contributed by atoms with Crippen LogP contribution in [0.3, 0.4) is 0 Å². The van der Waals surface area contributed by atoms with Gasteiger partial charge in [0.05, 0.1) is 17.6 Å². The first kappa shape index (κ1) is 18.8. The zero-order valence-electron chi connectivity index (χ0n) is 15.1. The number of nitrogens with one attached hydrogen (secondary N) is 1. The average molecular weight is 409 g/mol. The Balaban J connectivity index is 1.50. The Morgan fingerprint density at radius 2 is 1.93 bits per heavy atom. The first-order valence-electron chi connectivity index (χ1n) is 9.57. The SMILES string of the molecule is O=C(NC1CCCCC1)C1CCCN(S(=O)(=O)c2cccc3nsnc23)C1. The van der Waals surface area contributed by atoms with Crippen LogP contribution in [0.15, 0.2) is 23.1 Å². The molecule has 1 amide bonds. The summed E-state index contributed by atoms with van der Waals surface area (Å²) in [7, 11) is -3.70. The molecule has 2 heterocycles. The highest BCUT2D eigenvalue weighted by atomic mass is 32.2. The number of benzene rings is 1. The van der Waals surface area contributed by atoms with Gasteiger partial charge < -0.3 is 5.32 Å². The number of nitrogens with zero attached hydrogens (tertiary/aromatic N) is 3. The van der Waals surface area contributed by atoms with Gasteiger partial charge in [0.15, 0.2) is 0 Å². The third-order valence-electron chi connectivity index (χ3n) is 5.57. The molecule has 2 aromatic rings. The third kappa shape index (κ3) is 3.86. The Hall–Kier alpha value is -1.58. The summed E-state index contributed by atoms with van der Waals surface area (Å²) in [5, 5.41) is 3.14. The van der Waals surface area contributed by atoms with Gasteiger partial charge in [-0.3, -0.25) is 4.79 Å². The maximum absolute atomic E-state index is 13.2. The standard InChI is InChI=1S/C18H24N4O3S2/c23-18(19-14-7-2-1-3-8-14)13-6-5-11-22(12-13)27(24,25)16-10-4-9-15-17(16)21-26-20-15/h4,9-10,13-14H,1-3,5-8,11-12H2,(H,19,23). The maximum Gasteiger partial charge on any atom is 0.245 e. The van der Waals surface area contributed by atoms with Crippen molar-refractivity contribution in [3.05, 3.63) is 18.2 Å². The minimum atomic E-state index is -3.70. The molecule has 0 radical (unpaired) electrons. The molecule has 1 aromatic heterocycles. The topological polar surface area (TPSA) is 92.3 Å². The smallest absolute Gasteiger partial charge is 0.245 e. The van der Waals surface area contributed by atoms with Crippen LogP contribution in [0.2, 0.25) is 0 Å². The van der Waals surface area contributed by atoms with Crippen LogP contribution in [0, 0.1) is 5.92 Å². The van der Waals surface area contributed by atoms with Crippen LogP contribution < -0.4 is 5.32 Å². The molecule has 7 nitrogen and oxygen atoms in total. The van der Waals surface area contributed by atoms with E-state index >= 15 is 0 Å². The Labute approximate surface area is 163 Å². The molecule has 146 valence electrons. The number of carbonyl (C=O) groups is 1. The van der Waals surface area contributed by atoms with Gasteiger partial charge in [0.2, 0.25) is 15.9 Å². The van der Waals surface area contributed by atoms with Gasteiger partial charge in [-0.15, -0.1) is 0 Å². The number of aromatic nitrogens is 2. The molecular weight excluding hydrogens is 384 g/mol. The largest absolute Gasteiger partial charge is 0.353 e. The average Bonchev–Trinajstić information content (AvgIpc) is 3.17. The van der Waals surface area contributed by atoms with E-state index in [4.69, 9.17) is 0 Å². The van der Waals surface area contributed by atoms with Crippen molar-refractivity contribution in [3.8, 4) is 0 Å². The minimum absolute atomic E-state index is 0.00432. The lowest BCUT2D eigenvalue weighted by molar-refractivity contribution is -0.127. The molecule has 0 spiro atoms. The third-order valence-corrected chi connectivity index (χ3v) is 8.01. The summed E-state index contributed by atoms with van der Waals surface area (Å²) in [5.74, 6) is -0.293. The fourth-order valence-electron chi connectivity index (χ4n) is 4.07. The monoisotopic (exact) mass is 408 g/mol. The molecule has 4 rings (SSSR count). The number of piperidine rings is 1. The Kier molecular flexibility index (Phi) is 5.43. The van der Waals surface area contributed by atoms with Gasteiger partial charge in [0.1, 0.15) is 15.9 Å². The molecule has 1 unspecified atom stereocenters. The second-order valence-electron chi connectivity index (χ2n) is 7.43. The molecule has 1 saturated heterocycles. The zero-order valence-corrected chi connectivity index (χ0v) is 16.8. The Morgan fingerprint density at radius 1 is 1.11 bits per heavy atom. The maximum atomic E-state index is 13.2. The molecule has 27 heavy (non-hydrogen) atoms. The number of rotatable bonds is 4. The number of carbonyl (C=O) groups excluding carboxylic acids is 1. The summed E-state index contributed by atoms with van der Waals surface area (Å²) in [5.41, 5.74) is 1.00. The van der Waals surface area contributed by atoms with Crippen LogP contribution in [0.4, 0.5) is 0 Å². The first-order chi connectivity index (χ1) is 13.1. The van der Waals surface area contributed by atoms with Crippen LogP contribution in [-0.4, -0.2) is 46.5 Å². The number of fused-ring (bicyclic) bond motifs is 1. The van der Waals surface area contributed by atoms with Crippen molar-refractivity contribution in [1.82, 2.24) is 18.4 Å². The van der Waals surface area contributed by atoms with E-state index in [-0.39, 0.29) is 29.3 Å². The van der Waals surface area contributed by atoms with Crippen molar-refractivity contribution in [2.24, 2.45) is 5.92 Å². The summed E-state index contributed by atoms with van der Waals surface area (Å²) >= 11 is 1.01. The fourth-order valence-corrected chi connectivity index (χ4v) is 6.35. The molecule has 0 bridgehead atoms. The zero-order chi connectivity index (χ0) is 18.9. The molecule has 1 saturated carbocycles. The van der Waals surface area contributed by atoms with E-state index in [0.717, 1.165) is 43.8 Å². The van der Waals surface area contributed by atoms with Gasteiger partial charge in [0, 0.05) is 19.1 Å². The summed E-state index contributed by atoms with van der Waals surface area (Å²) in [6.07, 6.45) is 7.02. The van der Waals surface area contributed by atoms with E-state index < -0.39 is 10.0 Å². The number of hydrogen-bond donors (Lipinski definition) is 1. The van der Waals surface area contributed by atoms with Crippen LogP contribution in [0.5, 0.6) is 0 Å². The number of amides is 1. The Bertz CT molecular complexity index is 922. The summed E-state index contributed by atoms with van der Waals surface area (Å²) in [6, 6.07) is 5.26. The highest BCUT2D eigenvalue weighted by Gasteiger charge is 2.35. The molecule has 1 atom stereocenters. The van der Waals surface area contributed by atoms with Crippen molar-refractivity contribution < 1.29 is 13.2 Å². The van der Waals surface area contributed by atoms with Crippen LogP contribution in [0.25, 0.3) is 11.0 Å². The second kappa shape index (κ2) is 7.81. The van der Waals surface area contributed by atoms with Gasteiger partial charge >= 0.3 is 0 Å². The lowest BCUT2D eigenvalue weighted by atomic mass is 9.93. The van der Waals surface area contributed by atoms with Gasteiger partial charge in [-0.2, -0.15) is 13.1 Å². The van der Waals surface area contributed by atoms with Crippen LogP contribution in [0.1, 0.15) is 44.9 Å². The van der Waals surface area contributed by atoms with Gasteiger partial charge in [0.25, 0.3) is 0 Å². The predicted molar refractivity (Wildman–Crippen MR) is 104 cm³/mol. The van der Waals surface area contributed by atoms with E-state index in [1.165, 1.54) is 10.7 Å². The van der Waals surface area contributed by atoms with Crippen LogP contribution in [-0.2, 0) is 14.8 Å². The van der Waals surface area contributed by atoms with Gasteiger partial charge in [-0.05, 0) is 37.8 Å². The molecule has 1 aliphatic carbocycles. The molecular formula is C18H24N4O3S2. The highest BCUT2D eigenvalue weighted by molar-refractivity contribution is 7.89. The number of sulfonamides is 1. The molecule has 2 fully saturated rings. The van der Waals surface area contributed by atoms with Crippen LogP contribution >= 0.6 is 11.7 Å². The minimum Gasteiger partial charge on any atom is -0.353 e. The van der Waals surface area contributed by atoms with E-state index in [9.17, 15) is 13.2 Å². The molecule has 1 aliphatic heterocycles. The van der Waals surface area contributed by atoms with Crippen molar-refractivity contribution in [1.29, 1.82) is 0 Å². The van der Waals surface area contributed by atoms with Crippen molar-refractivity contribution in [2.75, 3.05) is 13.1 Å². The van der Waals surface area contributed by atoms with E-state index in [2.05, 4.69) is 14.1 Å². The molecule has 1 N–H and O–H groups in total. The Morgan fingerprint density at radius 3 is 2.74 bits per heavy atom. The summed E-state index contributed by atoms with van der Waals surface area (Å²) < 4.78 is 36.1. The van der Waals surface area contributed by atoms with E-state index in [1.807, 2.05) is 0 Å². The number of hydrogen-bond acceptors (Lipinski definition) is 6. The van der Waals surface area contributed by atoms with Gasteiger partial charge in [-0.1, -0.05) is 25.3 Å². The molecule has 9 heteroatoms. The normalized spacial score (nSPS) is 22.7.